The highest BCUT2D eigenvalue weighted by Crippen LogP contribution is 2.06. The molecule has 5 nitrogen and oxygen atoms in total. The van der Waals surface area contributed by atoms with Crippen LogP contribution in [-0.4, -0.2) is 21.6 Å². The zero-order valence-electron chi connectivity index (χ0n) is 12.3. The van der Waals surface area contributed by atoms with Crippen molar-refractivity contribution in [2.75, 3.05) is 0 Å². The normalized spacial score (nSPS) is 9.91. The third kappa shape index (κ3) is 3.65. The fraction of sp³-hybridized carbons (Fsp3) is 0. The Morgan fingerprint density at radius 1 is 0.783 bits per heavy atom. The van der Waals surface area contributed by atoms with E-state index in [1.54, 1.807) is 36.7 Å². The third-order valence-corrected chi connectivity index (χ3v) is 3.12. The van der Waals surface area contributed by atoms with Gasteiger partial charge in [0, 0.05) is 18.0 Å². The second-order valence-electron chi connectivity index (χ2n) is 4.70. The summed E-state index contributed by atoms with van der Waals surface area (Å²) in [5.74, 6) is -0.282. The van der Waals surface area contributed by atoms with E-state index >= 15 is 0 Å². The first-order chi connectivity index (χ1) is 11.3. The summed E-state index contributed by atoms with van der Waals surface area (Å²) in [5, 5.41) is 4.23. The smallest absolute Gasteiger partial charge is 0.267 e. The van der Waals surface area contributed by atoms with E-state index in [2.05, 4.69) is 20.5 Å². The molecule has 1 aromatic carbocycles. The lowest BCUT2D eigenvalue weighted by atomic mass is 10.1. The molecule has 0 aliphatic rings. The molecule has 5 heteroatoms. The highest BCUT2D eigenvalue weighted by atomic mass is 16.2. The van der Waals surface area contributed by atoms with Crippen LogP contribution in [0.1, 0.15) is 21.7 Å². The first-order valence-corrected chi connectivity index (χ1v) is 7.10. The van der Waals surface area contributed by atoms with Gasteiger partial charge < -0.3 is 0 Å². The van der Waals surface area contributed by atoms with E-state index in [4.69, 9.17) is 0 Å². The number of hydrogen-bond acceptors (Lipinski definition) is 4. The van der Waals surface area contributed by atoms with Crippen LogP contribution in [0.5, 0.6) is 0 Å². The first kappa shape index (κ1) is 14.6. The SMILES string of the molecule is O=C(NN=C(c1ccccn1)c1ccccn1)c1ccccc1. The third-order valence-electron chi connectivity index (χ3n) is 3.12. The van der Waals surface area contributed by atoms with Crippen molar-refractivity contribution in [1.82, 2.24) is 15.4 Å². The lowest BCUT2D eigenvalue weighted by molar-refractivity contribution is 0.0955. The molecule has 0 aliphatic carbocycles. The van der Waals surface area contributed by atoms with E-state index in [1.165, 1.54) is 0 Å². The molecule has 1 N–H and O–H groups in total. The second kappa shape index (κ2) is 7.09. The molecule has 0 atom stereocenters. The Hall–Kier alpha value is -3.34. The van der Waals surface area contributed by atoms with Crippen LogP contribution in [0.25, 0.3) is 0 Å². The molecule has 23 heavy (non-hydrogen) atoms. The average Bonchev–Trinajstić information content (AvgIpc) is 2.64. The minimum atomic E-state index is -0.282. The van der Waals surface area contributed by atoms with Gasteiger partial charge in [-0.2, -0.15) is 5.10 Å². The Balaban J connectivity index is 1.91. The summed E-state index contributed by atoms with van der Waals surface area (Å²) in [5.41, 5.74) is 4.89. The Labute approximate surface area is 133 Å². The van der Waals surface area contributed by atoms with Crippen LogP contribution in [0, 0.1) is 0 Å². The summed E-state index contributed by atoms with van der Waals surface area (Å²) < 4.78 is 0. The summed E-state index contributed by atoms with van der Waals surface area (Å²) in [6.07, 6.45) is 3.35. The van der Waals surface area contributed by atoms with Crippen LogP contribution >= 0.6 is 0 Å². The Morgan fingerprint density at radius 2 is 1.35 bits per heavy atom. The standard InChI is InChI=1S/C18H14N4O/c23-18(14-8-2-1-3-9-14)22-21-17(15-10-4-6-12-19-15)16-11-5-7-13-20-16/h1-13H,(H,22,23). The van der Waals surface area contributed by atoms with Crippen LogP contribution < -0.4 is 5.43 Å². The highest BCUT2D eigenvalue weighted by molar-refractivity contribution is 6.11. The summed E-state index contributed by atoms with van der Waals surface area (Å²) in [7, 11) is 0. The van der Waals surface area contributed by atoms with E-state index in [0.717, 1.165) is 0 Å². The molecular weight excluding hydrogens is 288 g/mol. The van der Waals surface area contributed by atoms with E-state index in [9.17, 15) is 4.79 Å². The van der Waals surface area contributed by atoms with Crippen molar-refractivity contribution in [3.05, 3.63) is 96.1 Å². The molecule has 0 bridgehead atoms. The van der Waals surface area contributed by atoms with Gasteiger partial charge in [-0.3, -0.25) is 14.8 Å². The van der Waals surface area contributed by atoms with E-state index in [1.807, 2.05) is 42.5 Å². The van der Waals surface area contributed by atoms with Crippen LogP contribution in [0.4, 0.5) is 0 Å². The van der Waals surface area contributed by atoms with Crippen molar-refractivity contribution in [2.24, 2.45) is 5.10 Å². The minimum absolute atomic E-state index is 0.282. The van der Waals surface area contributed by atoms with Gasteiger partial charge in [-0.15, -0.1) is 0 Å². The summed E-state index contributed by atoms with van der Waals surface area (Å²) in [6, 6.07) is 19.9. The fourth-order valence-corrected chi connectivity index (χ4v) is 2.01. The molecule has 3 rings (SSSR count). The molecule has 2 heterocycles. The maximum atomic E-state index is 12.2. The van der Waals surface area contributed by atoms with Gasteiger partial charge in [-0.05, 0) is 36.4 Å². The fourth-order valence-electron chi connectivity index (χ4n) is 2.01. The van der Waals surface area contributed by atoms with Crippen molar-refractivity contribution >= 4 is 11.6 Å². The second-order valence-corrected chi connectivity index (χ2v) is 4.70. The molecule has 0 spiro atoms. The molecule has 0 aliphatic heterocycles. The van der Waals surface area contributed by atoms with Crippen molar-refractivity contribution in [3.8, 4) is 0 Å². The lowest BCUT2D eigenvalue weighted by Crippen LogP contribution is -2.21. The van der Waals surface area contributed by atoms with Gasteiger partial charge in [0.05, 0.1) is 11.4 Å². The Morgan fingerprint density at radius 3 is 1.87 bits per heavy atom. The number of carbonyl (C=O) groups is 1. The number of benzene rings is 1. The molecule has 0 fully saturated rings. The zero-order chi connectivity index (χ0) is 15.9. The summed E-state index contributed by atoms with van der Waals surface area (Å²) in [6.45, 7) is 0. The maximum absolute atomic E-state index is 12.2. The maximum Gasteiger partial charge on any atom is 0.271 e. The quantitative estimate of drug-likeness (QED) is 0.595. The van der Waals surface area contributed by atoms with Crippen molar-refractivity contribution in [3.63, 3.8) is 0 Å². The van der Waals surface area contributed by atoms with Gasteiger partial charge in [0.2, 0.25) is 0 Å². The van der Waals surface area contributed by atoms with Gasteiger partial charge in [-0.25, -0.2) is 5.43 Å². The van der Waals surface area contributed by atoms with Crippen LogP contribution in [0.15, 0.2) is 84.2 Å². The van der Waals surface area contributed by atoms with Gasteiger partial charge >= 0.3 is 0 Å². The number of nitrogens with one attached hydrogen (secondary N) is 1. The molecule has 3 aromatic rings. The number of hydrogen-bond donors (Lipinski definition) is 1. The molecule has 0 unspecified atom stereocenters. The van der Waals surface area contributed by atoms with Crippen molar-refractivity contribution in [2.45, 2.75) is 0 Å². The molecule has 0 saturated heterocycles. The number of hydrazone groups is 1. The molecule has 0 saturated carbocycles. The first-order valence-electron chi connectivity index (χ1n) is 7.10. The van der Waals surface area contributed by atoms with Gasteiger partial charge in [0.15, 0.2) is 0 Å². The minimum Gasteiger partial charge on any atom is -0.267 e. The van der Waals surface area contributed by atoms with Crippen LogP contribution in [0.2, 0.25) is 0 Å². The number of carbonyl (C=O) groups excluding carboxylic acids is 1. The lowest BCUT2D eigenvalue weighted by Gasteiger charge is -2.06. The number of amides is 1. The predicted molar refractivity (Wildman–Crippen MR) is 88.0 cm³/mol. The zero-order valence-corrected chi connectivity index (χ0v) is 12.3. The molecule has 1 amide bonds. The number of rotatable bonds is 4. The summed E-state index contributed by atoms with van der Waals surface area (Å²) in [4.78, 5) is 20.7. The topological polar surface area (TPSA) is 67.2 Å². The molecule has 112 valence electrons. The predicted octanol–water partition coefficient (Wildman–Crippen LogP) is 2.66. The Kier molecular flexibility index (Phi) is 4.49. The largest absolute Gasteiger partial charge is 0.271 e. The highest BCUT2D eigenvalue weighted by Gasteiger charge is 2.11. The Bertz CT molecular complexity index is 761. The molecule has 2 aromatic heterocycles. The van der Waals surface area contributed by atoms with Gasteiger partial charge in [0.1, 0.15) is 5.71 Å². The number of pyridine rings is 2. The van der Waals surface area contributed by atoms with E-state index in [-0.39, 0.29) is 5.91 Å². The number of aromatic nitrogens is 2. The molecule has 0 radical (unpaired) electrons. The van der Waals surface area contributed by atoms with Crippen molar-refractivity contribution in [1.29, 1.82) is 0 Å². The van der Waals surface area contributed by atoms with Gasteiger partial charge in [0.25, 0.3) is 5.91 Å². The van der Waals surface area contributed by atoms with Crippen LogP contribution in [0.3, 0.4) is 0 Å². The van der Waals surface area contributed by atoms with Crippen molar-refractivity contribution < 1.29 is 4.79 Å². The number of nitrogens with zero attached hydrogens (tertiary/aromatic N) is 3. The summed E-state index contributed by atoms with van der Waals surface area (Å²) >= 11 is 0. The van der Waals surface area contributed by atoms with E-state index in [0.29, 0.717) is 22.7 Å². The van der Waals surface area contributed by atoms with Crippen LogP contribution in [-0.2, 0) is 0 Å². The monoisotopic (exact) mass is 302 g/mol. The molecular formula is C18H14N4O. The average molecular weight is 302 g/mol. The van der Waals surface area contributed by atoms with E-state index < -0.39 is 0 Å². The van der Waals surface area contributed by atoms with Gasteiger partial charge in [-0.1, -0.05) is 30.3 Å².